The monoisotopic (exact) mass is 510 g/mol. The minimum atomic E-state index is -0.361. The lowest BCUT2D eigenvalue weighted by atomic mass is 10.0. The highest BCUT2D eigenvalue weighted by molar-refractivity contribution is 8.00. The first-order chi connectivity index (χ1) is 16.9. The minimum Gasteiger partial charge on any atom is -0.469 e. The molecule has 0 amide bonds. The molecule has 0 aromatic heterocycles. The van der Waals surface area contributed by atoms with Crippen molar-refractivity contribution in [3.63, 3.8) is 0 Å². The van der Waals surface area contributed by atoms with Gasteiger partial charge < -0.3 is 18.7 Å². The normalized spacial score (nSPS) is 11.4. The molecule has 8 heteroatoms. The Balaban J connectivity index is 2.08. The molecule has 0 unspecified atom stereocenters. The molecule has 0 N–H and O–H groups in total. The molecule has 0 aliphatic rings. The lowest BCUT2D eigenvalue weighted by Gasteiger charge is -2.31. The second-order valence-corrected chi connectivity index (χ2v) is 9.30. The lowest BCUT2D eigenvalue weighted by molar-refractivity contribution is -0.141. The standard InChI is InChI=1S/C27H27ClN2O4S/c1-5-16-29(19(2)17-26(31)33-3)24-14-15-25(23-9-7-6-8-22(23)24)30(18-27(32)34-4)35-21-12-10-20(28)11-13-21/h1,6-15,19H,16-18H2,2-4H3/t19-/m0/s1. The fourth-order valence-corrected chi connectivity index (χ4v) is 4.78. The number of carbonyl (C=O) groups is 2. The number of nitrogens with zero attached hydrogens (tertiary/aromatic N) is 2. The van der Waals surface area contributed by atoms with Crippen molar-refractivity contribution in [1.82, 2.24) is 0 Å². The molecule has 0 heterocycles. The van der Waals surface area contributed by atoms with Crippen LogP contribution in [0.3, 0.4) is 0 Å². The maximum Gasteiger partial charge on any atom is 0.326 e. The van der Waals surface area contributed by atoms with Gasteiger partial charge in [-0.25, -0.2) is 0 Å². The van der Waals surface area contributed by atoms with Crippen LogP contribution in [-0.2, 0) is 19.1 Å². The van der Waals surface area contributed by atoms with Crippen molar-refractivity contribution in [2.24, 2.45) is 0 Å². The predicted octanol–water partition coefficient (Wildman–Crippen LogP) is 5.57. The van der Waals surface area contributed by atoms with Gasteiger partial charge in [0.15, 0.2) is 0 Å². The van der Waals surface area contributed by atoms with Gasteiger partial charge in [-0.1, -0.05) is 41.8 Å². The number of benzene rings is 3. The van der Waals surface area contributed by atoms with E-state index in [0.717, 1.165) is 27.0 Å². The number of hydrogen-bond acceptors (Lipinski definition) is 7. The van der Waals surface area contributed by atoms with E-state index in [-0.39, 0.29) is 30.9 Å². The summed E-state index contributed by atoms with van der Waals surface area (Å²) >= 11 is 7.46. The molecule has 0 spiro atoms. The van der Waals surface area contributed by atoms with Crippen molar-refractivity contribution < 1.29 is 19.1 Å². The number of terminal acetylenes is 1. The number of ether oxygens (including phenoxy) is 2. The number of anilines is 2. The number of methoxy groups -OCH3 is 2. The maximum atomic E-state index is 12.3. The fourth-order valence-electron chi connectivity index (χ4n) is 3.72. The molecule has 0 fully saturated rings. The van der Waals surface area contributed by atoms with E-state index in [1.54, 1.807) is 0 Å². The van der Waals surface area contributed by atoms with Gasteiger partial charge in [-0.05, 0) is 55.3 Å². The largest absolute Gasteiger partial charge is 0.469 e. The minimum absolute atomic E-state index is 0.0416. The average Bonchev–Trinajstić information content (AvgIpc) is 2.87. The number of hydrogen-bond donors (Lipinski definition) is 0. The first-order valence-electron chi connectivity index (χ1n) is 10.9. The molecule has 6 nitrogen and oxygen atoms in total. The summed E-state index contributed by atoms with van der Waals surface area (Å²) in [4.78, 5) is 27.2. The van der Waals surface area contributed by atoms with Crippen molar-refractivity contribution >= 4 is 57.6 Å². The van der Waals surface area contributed by atoms with Crippen LogP contribution in [0.2, 0.25) is 5.02 Å². The van der Waals surface area contributed by atoms with Crippen LogP contribution < -0.4 is 9.21 Å². The molecule has 0 bridgehead atoms. The summed E-state index contributed by atoms with van der Waals surface area (Å²) in [6.07, 6.45) is 5.88. The van der Waals surface area contributed by atoms with Gasteiger partial charge in [0.1, 0.15) is 6.54 Å². The zero-order valence-corrected chi connectivity index (χ0v) is 21.4. The van der Waals surface area contributed by atoms with Crippen LogP contribution in [0, 0.1) is 12.3 Å². The van der Waals surface area contributed by atoms with Gasteiger partial charge in [-0.15, -0.1) is 6.42 Å². The number of esters is 2. The number of halogens is 1. The lowest BCUT2D eigenvalue weighted by Crippen LogP contribution is -2.35. The first kappa shape index (κ1) is 26.3. The SMILES string of the molecule is C#CCN(c1ccc(N(CC(=O)OC)Sc2ccc(Cl)cc2)c2ccccc12)[C@@H](C)CC(=O)OC. The summed E-state index contributed by atoms with van der Waals surface area (Å²) in [6.45, 7) is 2.31. The molecular weight excluding hydrogens is 484 g/mol. The summed E-state index contributed by atoms with van der Waals surface area (Å²) in [5, 5.41) is 2.52. The van der Waals surface area contributed by atoms with E-state index in [1.807, 2.05) is 76.8 Å². The van der Waals surface area contributed by atoms with Gasteiger partial charge in [0.2, 0.25) is 0 Å². The Morgan fingerprint density at radius 1 is 0.971 bits per heavy atom. The molecule has 0 radical (unpaired) electrons. The highest BCUT2D eigenvalue weighted by atomic mass is 35.5. The third kappa shape index (κ3) is 6.62. The average molecular weight is 511 g/mol. The first-order valence-corrected chi connectivity index (χ1v) is 12.1. The summed E-state index contributed by atoms with van der Waals surface area (Å²) in [5.74, 6) is 2.04. The predicted molar refractivity (Wildman–Crippen MR) is 143 cm³/mol. The summed E-state index contributed by atoms with van der Waals surface area (Å²) in [7, 11) is 2.74. The Hall–Kier alpha value is -3.34. The third-order valence-corrected chi connectivity index (χ3v) is 6.75. The van der Waals surface area contributed by atoms with Crippen LogP contribution in [0.5, 0.6) is 0 Å². The summed E-state index contributed by atoms with van der Waals surface area (Å²) in [5.41, 5.74) is 1.74. The van der Waals surface area contributed by atoms with Crippen LogP contribution in [0.15, 0.2) is 65.6 Å². The van der Waals surface area contributed by atoms with E-state index in [9.17, 15) is 9.59 Å². The summed E-state index contributed by atoms with van der Waals surface area (Å²) < 4.78 is 11.7. The van der Waals surface area contributed by atoms with Gasteiger partial charge in [0.05, 0.1) is 32.9 Å². The topological polar surface area (TPSA) is 59.1 Å². The van der Waals surface area contributed by atoms with Crippen molar-refractivity contribution in [1.29, 1.82) is 0 Å². The third-order valence-electron chi connectivity index (χ3n) is 5.47. The molecule has 35 heavy (non-hydrogen) atoms. The molecule has 182 valence electrons. The molecule has 3 rings (SSSR count). The van der Waals surface area contributed by atoms with Gasteiger partial charge in [0, 0.05) is 32.4 Å². The molecule has 3 aromatic rings. The number of fused-ring (bicyclic) bond motifs is 1. The second kappa shape index (κ2) is 12.4. The van der Waals surface area contributed by atoms with Crippen LogP contribution in [0.25, 0.3) is 10.8 Å². The van der Waals surface area contributed by atoms with Crippen molar-refractivity contribution in [2.75, 3.05) is 36.5 Å². The van der Waals surface area contributed by atoms with Crippen LogP contribution in [-0.4, -0.2) is 45.3 Å². The molecule has 1 atom stereocenters. The van der Waals surface area contributed by atoms with Crippen LogP contribution in [0.1, 0.15) is 13.3 Å². The molecule has 0 aliphatic heterocycles. The van der Waals surface area contributed by atoms with E-state index in [1.165, 1.54) is 26.2 Å². The molecule has 0 saturated carbocycles. The Labute approximate surface area is 215 Å². The van der Waals surface area contributed by atoms with Gasteiger partial charge in [-0.2, -0.15) is 0 Å². The van der Waals surface area contributed by atoms with Crippen molar-refractivity contribution in [3.8, 4) is 12.3 Å². The Morgan fingerprint density at radius 3 is 2.17 bits per heavy atom. The highest BCUT2D eigenvalue weighted by Crippen LogP contribution is 2.39. The van der Waals surface area contributed by atoms with Gasteiger partial charge in [0.25, 0.3) is 0 Å². The number of carbonyl (C=O) groups excluding carboxylic acids is 2. The van der Waals surface area contributed by atoms with Crippen LogP contribution >= 0.6 is 23.5 Å². The van der Waals surface area contributed by atoms with Gasteiger partial charge in [-0.3, -0.25) is 9.59 Å². The molecule has 0 aliphatic carbocycles. The van der Waals surface area contributed by atoms with E-state index >= 15 is 0 Å². The Bertz CT molecular complexity index is 1230. The summed E-state index contributed by atoms with van der Waals surface area (Å²) in [6, 6.07) is 19.1. The quantitative estimate of drug-likeness (QED) is 0.201. The molecule has 0 saturated heterocycles. The maximum absolute atomic E-state index is 12.3. The van der Waals surface area contributed by atoms with Crippen molar-refractivity contribution in [2.45, 2.75) is 24.3 Å². The second-order valence-electron chi connectivity index (χ2n) is 7.77. The zero-order valence-electron chi connectivity index (χ0n) is 19.9. The van der Waals surface area contributed by atoms with E-state index < -0.39 is 0 Å². The molecule has 3 aromatic carbocycles. The highest BCUT2D eigenvalue weighted by Gasteiger charge is 2.22. The zero-order chi connectivity index (χ0) is 25.4. The van der Waals surface area contributed by atoms with E-state index in [0.29, 0.717) is 11.6 Å². The fraction of sp³-hybridized carbons (Fsp3) is 0.259. The smallest absolute Gasteiger partial charge is 0.326 e. The Kier molecular flexibility index (Phi) is 9.30. The Morgan fingerprint density at radius 2 is 1.57 bits per heavy atom. The number of rotatable bonds is 10. The van der Waals surface area contributed by atoms with E-state index in [2.05, 4.69) is 5.92 Å². The van der Waals surface area contributed by atoms with E-state index in [4.69, 9.17) is 27.5 Å². The van der Waals surface area contributed by atoms with Gasteiger partial charge >= 0.3 is 11.9 Å². The van der Waals surface area contributed by atoms with Crippen molar-refractivity contribution in [3.05, 3.63) is 65.7 Å². The van der Waals surface area contributed by atoms with Crippen LogP contribution in [0.4, 0.5) is 11.4 Å². The molecular formula is C27H27ClN2O4S.